The van der Waals surface area contributed by atoms with Crippen molar-refractivity contribution in [3.8, 4) is 0 Å². The first-order valence-electron chi connectivity index (χ1n) is 6.57. The van der Waals surface area contributed by atoms with Gasteiger partial charge in [0.1, 0.15) is 5.82 Å². The third-order valence-corrected chi connectivity index (χ3v) is 3.78. The number of hydrogen-bond acceptors (Lipinski definition) is 1. The molecular formula is C15H21ClN2. The maximum atomic E-state index is 5.89. The van der Waals surface area contributed by atoms with Crippen molar-refractivity contribution in [1.29, 1.82) is 0 Å². The molecule has 2 nitrogen and oxygen atoms in total. The van der Waals surface area contributed by atoms with E-state index >= 15 is 0 Å². The normalized spacial score (nSPS) is 12.2. The van der Waals surface area contributed by atoms with Crippen molar-refractivity contribution in [2.75, 3.05) is 5.88 Å². The van der Waals surface area contributed by atoms with Gasteiger partial charge in [0.05, 0.1) is 11.0 Å². The Bertz CT molecular complexity index is 528. The number of alkyl halides is 1. The first-order valence-corrected chi connectivity index (χ1v) is 7.11. The third kappa shape index (κ3) is 2.69. The molecule has 0 fully saturated rings. The molecule has 0 amide bonds. The van der Waals surface area contributed by atoms with Crippen molar-refractivity contribution in [3.63, 3.8) is 0 Å². The Morgan fingerprint density at radius 1 is 1.28 bits per heavy atom. The minimum atomic E-state index is 0.282. The maximum absolute atomic E-state index is 5.89. The van der Waals surface area contributed by atoms with Crippen LogP contribution in [0.2, 0.25) is 0 Å². The van der Waals surface area contributed by atoms with Gasteiger partial charge in [-0.15, -0.1) is 11.6 Å². The van der Waals surface area contributed by atoms with E-state index in [2.05, 4.69) is 43.5 Å². The van der Waals surface area contributed by atoms with Crippen LogP contribution < -0.4 is 0 Å². The second-order valence-corrected chi connectivity index (χ2v) is 5.94. The highest BCUT2D eigenvalue weighted by Gasteiger charge is 2.19. The lowest BCUT2D eigenvalue weighted by molar-refractivity contribution is 0.294. The number of rotatable bonds is 5. The molecule has 0 aliphatic carbocycles. The molecule has 0 atom stereocenters. The monoisotopic (exact) mass is 264 g/mol. The van der Waals surface area contributed by atoms with Crippen molar-refractivity contribution < 1.29 is 0 Å². The molecule has 0 saturated carbocycles. The van der Waals surface area contributed by atoms with Crippen molar-refractivity contribution >= 4 is 22.6 Å². The van der Waals surface area contributed by atoms with Gasteiger partial charge >= 0.3 is 0 Å². The number of imidazole rings is 1. The van der Waals surface area contributed by atoms with E-state index in [1.807, 2.05) is 6.07 Å². The molecule has 3 heteroatoms. The van der Waals surface area contributed by atoms with Crippen LogP contribution in [0.15, 0.2) is 24.3 Å². The Kier molecular flexibility index (Phi) is 3.96. The molecule has 98 valence electrons. The molecule has 1 aromatic heterocycles. The van der Waals surface area contributed by atoms with Crippen LogP contribution in [0.25, 0.3) is 11.0 Å². The summed E-state index contributed by atoms with van der Waals surface area (Å²) in [5.41, 5.74) is 2.58. The van der Waals surface area contributed by atoms with E-state index in [1.54, 1.807) is 0 Å². The quantitative estimate of drug-likeness (QED) is 0.738. The van der Waals surface area contributed by atoms with Crippen LogP contribution in [0.1, 0.15) is 33.0 Å². The predicted molar refractivity (Wildman–Crippen MR) is 78.2 cm³/mol. The molecule has 0 N–H and O–H groups in total. The summed E-state index contributed by atoms with van der Waals surface area (Å²) in [6, 6.07) is 8.33. The van der Waals surface area contributed by atoms with Gasteiger partial charge < -0.3 is 4.57 Å². The van der Waals surface area contributed by atoms with E-state index in [0.717, 1.165) is 30.7 Å². The van der Waals surface area contributed by atoms with Crippen molar-refractivity contribution in [2.45, 2.75) is 40.2 Å². The highest BCUT2D eigenvalue weighted by atomic mass is 35.5. The second-order valence-electron chi connectivity index (χ2n) is 5.56. The van der Waals surface area contributed by atoms with Crippen LogP contribution in [0.3, 0.4) is 0 Å². The molecule has 0 unspecified atom stereocenters. The molecule has 0 saturated heterocycles. The van der Waals surface area contributed by atoms with Gasteiger partial charge in [0.25, 0.3) is 0 Å². The predicted octanol–water partition coefficient (Wildman–Crippen LogP) is 4.25. The van der Waals surface area contributed by atoms with Crippen molar-refractivity contribution in [1.82, 2.24) is 9.55 Å². The highest BCUT2D eigenvalue weighted by molar-refractivity contribution is 6.17. The van der Waals surface area contributed by atoms with E-state index in [-0.39, 0.29) is 5.41 Å². The van der Waals surface area contributed by atoms with Gasteiger partial charge in [-0.05, 0) is 24.0 Å². The molecule has 0 aliphatic rings. The van der Waals surface area contributed by atoms with Gasteiger partial charge in [-0.2, -0.15) is 0 Å². The van der Waals surface area contributed by atoms with E-state index in [0.29, 0.717) is 5.88 Å². The summed E-state index contributed by atoms with van der Waals surface area (Å²) in [6.45, 7) is 7.83. The second kappa shape index (κ2) is 5.31. The smallest absolute Gasteiger partial charge is 0.111 e. The minimum Gasteiger partial charge on any atom is -0.327 e. The average molecular weight is 265 g/mol. The fraction of sp³-hybridized carbons (Fsp3) is 0.533. The third-order valence-electron chi connectivity index (χ3n) is 3.59. The van der Waals surface area contributed by atoms with Crippen LogP contribution in [-0.2, 0) is 13.0 Å². The van der Waals surface area contributed by atoms with Gasteiger partial charge in [0, 0.05) is 18.8 Å². The summed E-state index contributed by atoms with van der Waals surface area (Å²) in [7, 11) is 0. The van der Waals surface area contributed by atoms with Crippen molar-refractivity contribution in [2.24, 2.45) is 5.41 Å². The van der Waals surface area contributed by atoms with Gasteiger partial charge in [-0.3, -0.25) is 0 Å². The van der Waals surface area contributed by atoms with Crippen LogP contribution >= 0.6 is 11.6 Å². The molecular weight excluding hydrogens is 244 g/mol. The Balaban J connectivity index is 2.48. The molecule has 0 spiro atoms. The summed E-state index contributed by atoms with van der Waals surface area (Å²) in [5.74, 6) is 1.73. The van der Waals surface area contributed by atoms with Gasteiger partial charge in [-0.25, -0.2) is 4.98 Å². The molecule has 1 heterocycles. The molecule has 18 heavy (non-hydrogen) atoms. The lowest BCUT2D eigenvalue weighted by Gasteiger charge is -2.24. The van der Waals surface area contributed by atoms with Crippen LogP contribution in [0, 0.1) is 5.41 Å². The lowest BCUT2D eigenvalue weighted by Crippen LogP contribution is -2.20. The number of nitrogens with zero attached hydrogens (tertiary/aromatic N) is 2. The number of benzene rings is 1. The van der Waals surface area contributed by atoms with Gasteiger partial charge in [0.2, 0.25) is 0 Å². The zero-order valence-electron chi connectivity index (χ0n) is 11.4. The summed E-state index contributed by atoms with van der Waals surface area (Å²) >= 11 is 5.89. The van der Waals surface area contributed by atoms with Gasteiger partial charge in [-0.1, -0.05) is 32.9 Å². The molecule has 1 aromatic carbocycles. The SMILES string of the molecule is CCC(C)(C)Cn1c(CCCl)nc2ccccc21. The largest absolute Gasteiger partial charge is 0.327 e. The highest BCUT2D eigenvalue weighted by Crippen LogP contribution is 2.26. The number of halogens is 1. The lowest BCUT2D eigenvalue weighted by atomic mass is 9.90. The van der Waals surface area contributed by atoms with Crippen LogP contribution in [0.4, 0.5) is 0 Å². The zero-order chi connectivity index (χ0) is 13.2. The van der Waals surface area contributed by atoms with E-state index in [9.17, 15) is 0 Å². The summed E-state index contributed by atoms with van der Waals surface area (Å²) in [4.78, 5) is 4.70. The molecule has 0 aliphatic heterocycles. The molecule has 2 aromatic rings. The molecule has 0 radical (unpaired) electrons. The summed E-state index contributed by atoms with van der Waals surface area (Å²) in [5, 5.41) is 0. The van der Waals surface area contributed by atoms with Crippen molar-refractivity contribution in [3.05, 3.63) is 30.1 Å². The van der Waals surface area contributed by atoms with E-state index < -0.39 is 0 Å². The Morgan fingerprint density at radius 3 is 2.67 bits per heavy atom. The minimum absolute atomic E-state index is 0.282. The summed E-state index contributed by atoms with van der Waals surface area (Å²) < 4.78 is 2.33. The van der Waals surface area contributed by atoms with Gasteiger partial charge in [0.15, 0.2) is 0 Å². The van der Waals surface area contributed by atoms with Crippen LogP contribution in [0.5, 0.6) is 0 Å². The number of hydrogen-bond donors (Lipinski definition) is 0. The standard InChI is InChI=1S/C15H21ClN2/c1-4-15(2,3)11-18-13-8-6-5-7-12(13)17-14(18)9-10-16/h5-8H,4,9-11H2,1-3H3. The van der Waals surface area contributed by atoms with Crippen LogP contribution in [-0.4, -0.2) is 15.4 Å². The zero-order valence-corrected chi connectivity index (χ0v) is 12.2. The van der Waals surface area contributed by atoms with E-state index in [4.69, 9.17) is 16.6 Å². The number of para-hydroxylation sites is 2. The Labute approximate surface area is 114 Å². The topological polar surface area (TPSA) is 17.8 Å². The molecule has 2 rings (SSSR count). The first-order chi connectivity index (χ1) is 8.57. The Morgan fingerprint density at radius 2 is 2.00 bits per heavy atom. The average Bonchev–Trinajstić information content (AvgIpc) is 2.68. The Hall–Kier alpha value is -1.02. The first kappa shape index (κ1) is 13.4. The fourth-order valence-corrected chi connectivity index (χ4v) is 2.29. The maximum Gasteiger partial charge on any atom is 0.111 e. The number of fused-ring (bicyclic) bond motifs is 1. The molecule has 0 bridgehead atoms. The summed E-state index contributed by atoms with van der Waals surface area (Å²) in [6.07, 6.45) is 1.98. The number of aryl methyl sites for hydroxylation is 1. The number of aromatic nitrogens is 2. The van der Waals surface area contributed by atoms with E-state index in [1.165, 1.54) is 5.52 Å². The fourth-order valence-electron chi connectivity index (χ4n) is 2.12.